The Balaban J connectivity index is 2.44. The molecular weight excluding hydrogens is 240 g/mol. The predicted molar refractivity (Wildman–Crippen MR) is 77.8 cm³/mol. The molecule has 6 heteroatoms. The molecule has 1 aromatic carbocycles. The summed E-state index contributed by atoms with van der Waals surface area (Å²) < 4.78 is 0. The van der Waals surface area contributed by atoms with E-state index in [0.717, 1.165) is 11.3 Å². The van der Waals surface area contributed by atoms with Crippen LogP contribution in [0.5, 0.6) is 0 Å². The first-order chi connectivity index (χ1) is 8.99. The third-order valence-electron chi connectivity index (χ3n) is 2.81. The maximum absolute atomic E-state index is 5.74. The normalized spacial score (nSPS) is 10.3. The molecule has 2 N–H and O–H groups in total. The lowest BCUT2D eigenvalue weighted by atomic mass is 10.2. The minimum absolute atomic E-state index is 0.217. The number of anilines is 4. The molecule has 0 spiro atoms. The molecule has 0 atom stereocenters. The smallest absolute Gasteiger partial charge is 0.236 e. The number of hydrogen-bond acceptors (Lipinski definition) is 6. The van der Waals surface area contributed by atoms with Crippen LogP contribution in [0.15, 0.2) is 24.3 Å². The molecule has 0 aliphatic rings. The molecule has 0 aliphatic heterocycles. The molecule has 0 saturated heterocycles. The third kappa shape index (κ3) is 2.73. The number of aromatic nitrogens is 3. The van der Waals surface area contributed by atoms with E-state index in [1.54, 1.807) is 4.90 Å². The Labute approximate surface area is 112 Å². The van der Waals surface area contributed by atoms with Gasteiger partial charge in [0, 0.05) is 26.8 Å². The number of benzene rings is 1. The summed E-state index contributed by atoms with van der Waals surface area (Å²) in [6, 6.07) is 8.05. The van der Waals surface area contributed by atoms with Crippen LogP contribution in [0.25, 0.3) is 0 Å². The predicted octanol–water partition coefficient (Wildman–Crippen LogP) is 1.60. The van der Waals surface area contributed by atoms with Gasteiger partial charge < -0.3 is 15.5 Å². The second-order valence-electron chi connectivity index (χ2n) is 4.53. The molecule has 0 radical (unpaired) electrons. The van der Waals surface area contributed by atoms with E-state index in [4.69, 9.17) is 5.73 Å². The van der Waals surface area contributed by atoms with Gasteiger partial charge in [0.15, 0.2) is 0 Å². The van der Waals surface area contributed by atoms with Crippen LogP contribution in [0, 0.1) is 6.92 Å². The monoisotopic (exact) mass is 258 g/mol. The quantitative estimate of drug-likeness (QED) is 0.901. The second-order valence-corrected chi connectivity index (χ2v) is 4.53. The van der Waals surface area contributed by atoms with Gasteiger partial charge in [-0.1, -0.05) is 18.2 Å². The SMILES string of the molecule is Cc1ccccc1N(C)c1nc(N)nc(N(C)C)n1. The first-order valence-corrected chi connectivity index (χ1v) is 5.97. The van der Waals surface area contributed by atoms with Crippen molar-refractivity contribution in [2.45, 2.75) is 6.92 Å². The zero-order valence-electron chi connectivity index (χ0n) is 11.6. The van der Waals surface area contributed by atoms with Crippen LogP contribution in [0.2, 0.25) is 0 Å². The summed E-state index contributed by atoms with van der Waals surface area (Å²) in [6.45, 7) is 2.04. The van der Waals surface area contributed by atoms with E-state index in [2.05, 4.69) is 15.0 Å². The average Bonchev–Trinajstić information content (AvgIpc) is 2.37. The Kier molecular flexibility index (Phi) is 3.50. The van der Waals surface area contributed by atoms with Crippen molar-refractivity contribution in [1.82, 2.24) is 15.0 Å². The van der Waals surface area contributed by atoms with Gasteiger partial charge in [-0.25, -0.2) is 0 Å². The Bertz CT molecular complexity index is 581. The molecule has 2 rings (SSSR count). The first-order valence-electron chi connectivity index (χ1n) is 5.97. The maximum atomic E-state index is 5.74. The number of nitrogens with two attached hydrogens (primary N) is 1. The fourth-order valence-corrected chi connectivity index (χ4v) is 1.77. The van der Waals surface area contributed by atoms with Crippen molar-refractivity contribution in [3.63, 3.8) is 0 Å². The van der Waals surface area contributed by atoms with Crippen LogP contribution in [0.4, 0.5) is 23.5 Å². The molecular formula is C13H18N6. The van der Waals surface area contributed by atoms with Gasteiger partial charge in [-0.15, -0.1) is 0 Å². The summed E-state index contributed by atoms with van der Waals surface area (Å²) >= 11 is 0. The standard InChI is InChI=1S/C13H18N6/c1-9-7-5-6-8-10(9)19(4)13-16-11(14)15-12(17-13)18(2)3/h5-8H,1-4H3,(H2,14,15,16,17). The highest BCUT2D eigenvalue weighted by molar-refractivity contribution is 5.61. The van der Waals surface area contributed by atoms with Gasteiger partial charge in [-0.05, 0) is 18.6 Å². The fourth-order valence-electron chi connectivity index (χ4n) is 1.77. The van der Waals surface area contributed by atoms with E-state index < -0.39 is 0 Å². The first kappa shape index (κ1) is 13.1. The Morgan fingerprint density at radius 1 is 0.947 bits per heavy atom. The van der Waals surface area contributed by atoms with E-state index in [0.29, 0.717) is 11.9 Å². The molecule has 0 aliphatic carbocycles. The van der Waals surface area contributed by atoms with Crippen molar-refractivity contribution in [3.05, 3.63) is 29.8 Å². The lowest BCUT2D eigenvalue weighted by Crippen LogP contribution is -2.20. The Morgan fingerprint density at radius 2 is 1.58 bits per heavy atom. The summed E-state index contributed by atoms with van der Waals surface area (Å²) in [7, 11) is 5.65. The highest BCUT2D eigenvalue weighted by Crippen LogP contribution is 2.24. The zero-order chi connectivity index (χ0) is 14.0. The van der Waals surface area contributed by atoms with Crippen LogP contribution >= 0.6 is 0 Å². The topological polar surface area (TPSA) is 71.2 Å². The number of rotatable bonds is 3. The Hall–Kier alpha value is -2.37. The van der Waals surface area contributed by atoms with E-state index in [1.165, 1.54) is 0 Å². The van der Waals surface area contributed by atoms with Crippen LogP contribution in [0.1, 0.15) is 5.56 Å². The molecule has 0 unspecified atom stereocenters. The van der Waals surface area contributed by atoms with Gasteiger partial charge >= 0.3 is 0 Å². The van der Waals surface area contributed by atoms with Crippen LogP contribution in [-0.4, -0.2) is 36.1 Å². The number of nitrogen functional groups attached to an aromatic ring is 1. The van der Waals surface area contributed by atoms with Gasteiger partial charge in [0.1, 0.15) is 0 Å². The van der Waals surface area contributed by atoms with Gasteiger partial charge in [0.2, 0.25) is 17.8 Å². The molecule has 100 valence electrons. The lowest BCUT2D eigenvalue weighted by molar-refractivity contribution is 0.937. The highest BCUT2D eigenvalue weighted by Gasteiger charge is 2.12. The largest absolute Gasteiger partial charge is 0.368 e. The van der Waals surface area contributed by atoms with Crippen molar-refractivity contribution in [2.24, 2.45) is 0 Å². The van der Waals surface area contributed by atoms with Crippen molar-refractivity contribution in [2.75, 3.05) is 36.7 Å². The summed E-state index contributed by atoms with van der Waals surface area (Å²) in [4.78, 5) is 16.4. The minimum atomic E-state index is 0.217. The Morgan fingerprint density at radius 3 is 2.21 bits per heavy atom. The third-order valence-corrected chi connectivity index (χ3v) is 2.81. The molecule has 0 fully saturated rings. The van der Waals surface area contributed by atoms with E-state index >= 15 is 0 Å². The highest BCUT2D eigenvalue weighted by atomic mass is 15.3. The summed E-state index contributed by atoms with van der Waals surface area (Å²) in [5.74, 6) is 1.29. The van der Waals surface area contributed by atoms with Gasteiger partial charge in [-0.3, -0.25) is 0 Å². The summed E-state index contributed by atoms with van der Waals surface area (Å²) in [5.41, 5.74) is 7.92. The number of nitrogens with zero attached hydrogens (tertiary/aromatic N) is 5. The van der Waals surface area contributed by atoms with Gasteiger partial charge in [-0.2, -0.15) is 15.0 Å². The number of aryl methyl sites for hydroxylation is 1. The minimum Gasteiger partial charge on any atom is -0.368 e. The fraction of sp³-hybridized carbons (Fsp3) is 0.308. The number of hydrogen-bond donors (Lipinski definition) is 1. The maximum Gasteiger partial charge on any atom is 0.236 e. The van der Waals surface area contributed by atoms with Crippen LogP contribution in [0.3, 0.4) is 0 Å². The molecule has 19 heavy (non-hydrogen) atoms. The molecule has 0 amide bonds. The molecule has 2 aromatic rings. The molecule has 0 saturated carbocycles. The van der Waals surface area contributed by atoms with E-state index in [9.17, 15) is 0 Å². The van der Waals surface area contributed by atoms with Crippen LogP contribution < -0.4 is 15.5 Å². The van der Waals surface area contributed by atoms with Gasteiger partial charge in [0.05, 0.1) is 0 Å². The van der Waals surface area contributed by atoms with E-state index in [-0.39, 0.29) is 5.95 Å². The van der Waals surface area contributed by atoms with Gasteiger partial charge in [0.25, 0.3) is 0 Å². The van der Waals surface area contributed by atoms with E-state index in [1.807, 2.05) is 57.2 Å². The number of para-hydroxylation sites is 1. The average molecular weight is 258 g/mol. The zero-order valence-corrected chi connectivity index (χ0v) is 11.6. The van der Waals surface area contributed by atoms with Crippen molar-refractivity contribution < 1.29 is 0 Å². The molecule has 0 bridgehead atoms. The molecule has 6 nitrogen and oxygen atoms in total. The van der Waals surface area contributed by atoms with Crippen LogP contribution in [-0.2, 0) is 0 Å². The van der Waals surface area contributed by atoms with Crippen molar-refractivity contribution in [3.8, 4) is 0 Å². The molecule has 1 aromatic heterocycles. The van der Waals surface area contributed by atoms with Crippen molar-refractivity contribution >= 4 is 23.5 Å². The van der Waals surface area contributed by atoms with Crippen molar-refractivity contribution in [1.29, 1.82) is 0 Å². The summed E-state index contributed by atoms with van der Waals surface area (Å²) in [5, 5.41) is 0. The molecule has 1 heterocycles. The summed E-state index contributed by atoms with van der Waals surface area (Å²) in [6.07, 6.45) is 0. The second kappa shape index (κ2) is 5.09. The lowest BCUT2D eigenvalue weighted by Gasteiger charge is -2.20.